The summed E-state index contributed by atoms with van der Waals surface area (Å²) in [4.78, 5) is 18.0. The first-order valence-corrected chi connectivity index (χ1v) is 11.4. The van der Waals surface area contributed by atoms with E-state index in [0.717, 1.165) is 31.4 Å². The van der Waals surface area contributed by atoms with Gasteiger partial charge in [0.25, 0.3) is 0 Å². The van der Waals surface area contributed by atoms with E-state index in [-0.39, 0.29) is 23.0 Å². The van der Waals surface area contributed by atoms with E-state index in [1.807, 2.05) is 0 Å². The molecule has 1 amide bonds. The lowest BCUT2D eigenvalue weighted by Gasteiger charge is -2.18. The highest BCUT2D eigenvalue weighted by molar-refractivity contribution is 7.91. The van der Waals surface area contributed by atoms with Crippen molar-refractivity contribution in [2.45, 2.75) is 37.0 Å². The molecular weight excluding hydrogens is 388 g/mol. The molecule has 1 aromatic carbocycles. The summed E-state index contributed by atoms with van der Waals surface area (Å²) in [7, 11) is -3.60. The molecule has 2 aromatic rings. The molecule has 0 saturated heterocycles. The average Bonchev–Trinajstić information content (AvgIpc) is 3.08. The van der Waals surface area contributed by atoms with Gasteiger partial charge in [0.15, 0.2) is 26.5 Å². The zero-order valence-corrected chi connectivity index (χ0v) is 16.3. The van der Waals surface area contributed by atoms with Gasteiger partial charge >= 0.3 is 0 Å². The van der Waals surface area contributed by atoms with E-state index in [9.17, 15) is 13.2 Å². The smallest absolute Gasteiger partial charge is 0.227 e. The van der Waals surface area contributed by atoms with Crippen LogP contribution in [0.25, 0.3) is 0 Å². The first-order chi connectivity index (χ1) is 13.0. The number of carbonyl (C=O) groups is 1. The Labute approximate surface area is 161 Å². The van der Waals surface area contributed by atoms with Crippen molar-refractivity contribution in [2.24, 2.45) is 0 Å². The van der Waals surface area contributed by atoms with Crippen LogP contribution in [0.2, 0.25) is 0 Å². The van der Waals surface area contributed by atoms with Crippen LogP contribution in [0.3, 0.4) is 0 Å². The number of fused-ring (bicyclic) bond motifs is 2. The summed E-state index contributed by atoms with van der Waals surface area (Å²) in [5, 5.41) is 3.29. The number of amides is 1. The summed E-state index contributed by atoms with van der Waals surface area (Å²) in [5.74, 6) is 0.330. The van der Waals surface area contributed by atoms with Crippen LogP contribution in [0.4, 0.5) is 5.13 Å². The third-order valence-corrected chi connectivity index (χ3v) is 7.35. The Morgan fingerprint density at radius 2 is 1.93 bits per heavy atom. The number of rotatable bonds is 5. The third-order valence-electron chi connectivity index (χ3n) is 4.56. The molecule has 1 aliphatic carbocycles. The molecule has 0 spiro atoms. The van der Waals surface area contributed by atoms with Gasteiger partial charge in [0.05, 0.1) is 16.3 Å². The molecule has 1 aliphatic heterocycles. The van der Waals surface area contributed by atoms with Crippen molar-refractivity contribution < 1.29 is 22.7 Å². The number of benzene rings is 1. The minimum atomic E-state index is -3.60. The van der Waals surface area contributed by atoms with Crippen molar-refractivity contribution in [2.75, 3.05) is 24.3 Å². The maximum Gasteiger partial charge on any atom is 0.227 e. The van der Waals surface area contributed by atoms with E-state index in [1.54, 1.807) is 6.07 Å². The molecule has 0 fully saturated rings. The lowest BCUT2D eigenvalue weighted by molar-refractivity contribution is -0.115. The minimum absolute atomic E-state index is 0.124. The van der Waals surface area contributed by atoms with Crippen LogP contribution in [0.1, 0.15) is 29.8 Å². The molecule has 7 nitrogen and oxygen atoms in total. The van der Waals surface area contributed by atoms with Crippen molar-refractivity contribution in [3.63, 3.8) is 0 Å². The summed E-state index contributed by atoms with van der Waals surface area (Å²) in [6, 6.07) is 4.52. The second-order valence-corrected chi connectivity index (χ2v) is 9.71. The van der Waals surface area contributed by atoms with Crippen LogP contribution in [0, 0.1) is 0 Å². The highest BCUT2D eigenvalue weighted by Crippen LogP contribution is 2.33. The van der Waals surface area contributed by atoms with Gasteiger partial charge in [-0.2, -0.15) is 0 Å². The van der Waals surface area contributed by atoms with Gasteiger partial charge in [0.1, 0.15) is 13.2 Å². The Morgan fingerprint density at radius 3 is 2.74 bits per heavy atom. The molecular formula is C18H20N2O5S2. The third kappa shape index (κ3) is 4.08. The van der Waals surface area contributed by atoms with E-state index in [2.05, 4.69) is 10.3 Å². The Balaban J connectivity index is 1.38. The maximum absolute atomic E-state index is 12.5. The fourth-order valence-corrected chi connectivity index (χ4v) is 5.47. The number of hydrogen-bond acceptors (Lipinski definition) is 7. The van der Waals surface area contributed by atoms with Gasteiger partial charge in [-0.25, -0.2) is 13.4 Å². The largest absolute Gasteiger partial charge is 0.486 e. The predicted molar refractivity (Wildman–Crippen MR) is 101 cm³/mol. The molecule has 27 heavy (non-hydrogen) atoms. The molecule has 0 atom stereocenters. The standard InChI is InChI=1S/C18H20N2O5S2/c21-17(20-18-19-13-3-1-2-4-16(13)26-18)7-10-27(22,23)12-5-6-14-15(11-12)25-9-8-24-14/h5-6,11H,1-4,7-10H2,(H,19,20,21). The summed E-state index contributed by atoms with van der Waals surface area (Å²) < 4.78 is 35.9. The Hall–Kier alpha value is -2.13. The van der Waals surface area contributed by atoms with Crippen molar-refractivity contribution >= 4 is 32.2 Å². The number of carbonyl (C=O) groups excluding carboxylic acids is 1. The molecule has 0 radical (unpaired) electrons. The van der Waals surface area contributed by atoms with Crippen LogP contribution in [-0.2, 0) is 27.5 Å². The molecule has 0 unspecified atom stereocenters. The number of ether oxygens (including phenoxy) is 2. The molecule has 1 N–H and O–H groups in total. The van der Waals surface area contributed by atoms with Gasteiger partial charge in [-0.05, 0) is 37.8 Å². The van der Waals surface area contributed by atoms with Crippen LogP contribution in [0.5, 0.6) is 11.5 Å². The van der Waals surface area contributed by atoms with Crippen molar-refractivity contribution in [3.05, 3.63) is 28.8 Å². The van der Waals surface area contributed by atoms with Gasteiger partial charge in [-0.1, -0.05) is 0 Å². The number of hydrogen-bond donors (Lipinski definition) is 1. The topological polar surface area (TPSA) is 94.6 Å². The molecule has 4 rings (SSSR count). The number of aromatic nitrogens is 1. The average molecular weight is 409 g/mol. The minimum Gasteiger partial charge on any atom is -0.486 e. The Kier molecular flexibility index (Phi) is 5.05. The number of nitrogens with one attached hydrogen (secondary N) is 1. The van der Waals surface area contributed by atoms with Gasteiger partial charge in [-0.15, -0.1) is 11.3 Å². The molecule has 0 saturated carbocycles. The number of thiazole rings is 1. The Morgan fingerprint density at radius 1 is 1.15 bits per heavy atom. The maximum atomic E-state index is 12.5. The number of nitrogens with zero attached hydrogens (tertiary/aromatic N) is 1. The van der Waals surface area contributed by atoms with Gasteiger partial charge in [0.2, 0.25) is 5.91 Å². The molecule has 1 aromatic heterocycles. The van der Waals surface area contributed by atoms with E-state index in [1.165, 1.54) is 28.3 Å². The van der Waals surface area contributed by atoms with E-state index in [4.69, 9.17) is 9.47 Å². The van der Waals surface area contributed by atoms with Crippen LogP contribution >= 0.6 is 11.3 Å². The monoisotopic (exact) mass is 408 g/mol. The SMILES string of the molecule is O=C(CCS(=O)(=O)c1ccc2c(c1)OCCO2)Nc1nc2c(s1)CCCC2. The first-order valence-electron chi connectivity index (χ1n) is 8.92. The van der Waals surface area contributed by atoms with Crippen LogP contribution < -0.4 is 14.8 Å². The number of sulfone groups is 1. The molecule has 2 aliphatic rings. The Bertz CT molecular complexity index is 945. The zero-order valence-electron chi connectivity index (χ0n) is 14.7. The van der Waals surface area contributed by atoms with E-state index < -0.39 is 9.84 Å². The molecule has 144 valence electrons. The lowest BCUT2D eigenvalue weighted by Crippen LogP contribution is -2.18. The fraction of sp³-hybridized carbons (Fsp3) is 0.444. The fourth-order valence-electron chi connectivity index (χ4n) is 3.15. The van der Waals surface area contributed by atoms with Gasteiger partial charge in [0, 0.05) is 17.4 Å². The van der Waals surface area contributed by atoms with Crippen LogP contribution in [-0.4, -0.2) is 38.3 Å². The van der Waals surface area contributed by atoms with E-state index in [0.29, 0.717) is 29.8 Å². The number of anilines is 1. The van der Waals surface area contributed by atoms with Crippen molar-refractivity contribution in [3.8, 4) is 11.5 Å². The predicted octanol–water partition coefficient (Wildman–Crippen LogP) is 2.60. The summed E-state index contributed by atoms with van der Waals surface area (Å²) in [6.07, 6.45) is 4.09. The highest BCUT2D eigenvalue weighted by atomic mass is 32.2. The first kappa shape index (κ1) is 18.2. The zero-order chi connectivity index (χ0) is 18.9. The molecule has 2 heterocycles. The summed E-state index contributed by atoms with van der Waals surface area (Å²) in [5.41, 5.74) is 1.06. The summed E-state index contributed by atoms with van der Waals surface area (Å²) in [6.45, 7) is 0.830. The van der Waals surface area contributed by atoms with Crippen LogP contribution in [0.15, 0.2) is 23.1 Å². The second-order valence-electron chi connectivity index (χ2n) is 6.52. The van der Waals surface area contributed by atoms with E-state index >= 15 is 0 Å². The molecule has 0 bridgehead atoms. The lowest BCUT2D eigenvalue weighted by atomic mass is 10.0. The quantitative estimate of drug-likeness (QED) is 0.817. The van der Waals surface area contributed by atoms with Crippen molar-refractivity contribution in [1.82, 2.24) is 4.98 Å². The van der Waals surface area contributed by atoms with Gasteiger partial charge < -0.3 is 14.8 Å². The second kappa shape index (κ2) is 7.47. The van der Waals surface area contributed by atoms with Crippen molar-refractivity contribution in [1.29, 1.82) is 0 Å². The van der Waals surface area contributed by atoms with Gasteiger partial charge in [-0.3, -0.25) is 4.79 Å². The summed E-state index contributed by atoms with van der Waals surface area (Å²) >= 11 is 1.49. The highest BCUT2D eigenvalue weighted by Gasteiger charge is 2.21. The molecule has 9 heteroatoms. The number of aryl methyl sites for hydroxylation is 2. The normalized spacial score (nSPS) is 15.9.